The van der Waals surface area contributed by atoms with Crippen LogP contribution in [-0.4, -0.2) is 97.7 Å². The molecule has 3 amide bonds. The van der Waals surface area contributed by atoms with E-state index in [9.17, 15) is 19.2 Å². The molecule has 0 unspecified atom stereocenters. The number of para-hydroxylation sites is 2. The fraction of sp³-hybridized carbons (Fsp3) is 0.250. The van der Waals surface area contributed by atoms with E-state index < -0.39 is 45.9 Å². The maximum atomic E-state index is 15.0. The lowest BCUT2D eigenvalue weighted by molar-refractivity contribution is -0.157. The number of fused-ring (bicyclic) bond motifs is 4. The Bertz CT molecular complexity index is 2840. The molecule has 0 saturated carbocycles. The first kappa shape index (κ1) is 41.2. The lowest BCUT2D eigenvalue weighted by Gasteiger charge is -2.40. The first-order chi connectivity index (χ1) is 30.5. The van der Waals surface area contributed by atoms with Gasteiger partial charge < -0.3 is 28.6 Å². The van der Waals surface area contributed by atoms with Gasteiger partial charge in [-0.3, -0.25) is 14.5 Å². The molecule has 15 heteroatoms. The molecule has 3 aliphatic rings. The Morgan fingerprint density at radius 1 is 0.746 bits per heavy atom. The molecule has 0 bridgehead atoms. The second kappa shape index (κ2) is 16.3. The van der Waals surface area contributed by atoms with Gasteiger partial charge in [0, 0.05) is 48.6 Å². The van der Waals surface area contributed by atoms with Crippen LogP contribution >= 0.6 is 0 Å². The highest BCUT2D eigenvalue weighted by atomic mass is 32.2. The van der Waals surface area contributed by atoms with E-state index in [4.69, 9.17) is 14.2 Å². The molecule has 2 saturated heterocycles. The Morgan fingerprint density at radius 2 is 1.40 bits per heavy atom. The number of rotatable bonds is 11. The summed E-state index contributed by atoms with van der Waals surface area (Å²) in [4.78, 5) is 61.4. The maximum absolute atomic E-state index is 15.0. The number of methoxy groups -OCH3 is 3. The number of hydrogen-bond acceptors (Lipinski definition) is 9. The Balaban J connectivity index is 1.22. The van der Waals surface area contributed by atoms with E-state index in [-0.39, 0.29) is 49.2 Å². The van der Waals surface area contributed by atoms with Gasteiger partial charge in [-0.1, -0.05) is 97.1 Å². The van der Waals surface area contributed by atoms with Gasteiger partial charge in [-0.15, -0.1) is 0 Å². The normalized spacial score (nSPS) is 20.8. The van der Waals surface area contributed by atoms with Gasteiger partial charge >= 0.3 is 12.1 Å². The molecule has 3 aliphatic heterocycles. The number of amides is 3. The predicted octanol–water partition coefficient (Wildman–Crippen LogP) is 5.92. The number of ether oxygens (including phenoxy) is 3. The maximum Gasteiger partial charge on any atom is 0.412 e. The topological polar surface area (TPSA) is 148 Å². The second-order valence-electron chi connectivity index (χ2n) is 15.9. The van der Waals surface area contributed by atoms with E-state index in [1.54, 1.807) is 53.3 Å². The zero-order valence-corrected chi connectivity index (χ0v) is 35.7. The fourth-order valence-electron chi connectivity index (χ4n) is 9.67. The van der Waals surface area contributed by atoms with Gasteiger partial charge in [-0.05, 0) is 53.1 Å². The largest absolute Gasteiger partial charge is 0.497 e. The first-order valence-electron chi connectivity index (χ1n) is 20.5. The quantitative estimate of drug-likeness (QED) is 0.145. The number of esters is 1. The molecule has 0 aliphatic carbocycles. The summed E-state index contributed by atoms with van der Waals surface area (Å²) in [6, 6.07) is 37.2. The number of nitrogens with zero attached hydrogens (tertiary/aromatic N) is 5. The van der Waals surface area contributed by atoms with Crippen LogP contribution in [0.3, 0.4) is 0 Å². The second-order valence-corrected chi connectivity index (χ2v) is 17.7. The third kappa shape index (κ3) is 6.83. The van der Waals surface area contributed by atoms with E-state index in [0.717, 1.165) is 16.5 Å². The van der Waals surface area contributed by atoms with E-state index in [0.29, 0.717) is 28.1 Å². The number of anilines is 1. The molecule has 5 aromatic carbocycles. The predicted molar refractivity (Wildman–Crippen MR) is 233 cm³/mol. The van der Waals surface area contributed by atoms with Crippen molar-refractivity contribution >= 4 is 50.5 Å². The molecule has 63 heavy (non-hydrogen) atoms. The van der Waals surface area contributed by atoms with Gasteiger partial charge in [0.15, 0.2) is 6.17 Å². The number of likely N-dealkylation sites (tertiary alicyclic amines) is 1. The zero-order valence-electron chi connectivity index (χ0n) is 34.9. The van der Waals surface area contributed by atoms with E-state index in [1.165, 1.54) is 35.6 Å². The standard InChI is InChI=1S/C48H45N5O9S/c1-60-35-24-22-33(23-25-35)28-49-31-43(54)50(29-32-14-6-4-7-15-32)41(44(49)55)26-34-30-51(39-20-12-10-18-37(34)39)48-27-42(45(56)61-2)52(47(57)62-3)46(48)53(40-21-13-11-19-38(40)48)63(58,59)36-16-8-5-9-17-36/h4-25,30,41-42,46H,26-29,31H2,1-3H3/t41-,42-,46-,48-/m0/s1. The van der Waals surface area contributed by atoms with Crippen LogP contribution in [0.2, 0.25) is 0 Å². The number of benzene rings is 5. The van der Waals surface area contributed by atoms with Crippen LogP contribution < -0.4 is 9.04 Å². The molecule has 0 N–H and O–H groups in total. The highest BCUT2D eigenvalue weighted by Gasteiger charge is 2.68. The Labute approximate surface area is 364 Å². The highest BCUT2D eigenvalue weighted by Crippen LogP contribution is 2.58. The molecule has 9 rings (SSSR count). The van der Waals surface area contributed by atoms with Crippen LogP contribution in [0.4, 0.5) is 10.5 Å². The Kier molecular flexibility index (Phi) is 10.7. The van der Waals surface area contributed by atoms with Crippen molar-refractivity contribution < 1.29 is 41.8 Å². The first-order valence-corrected chi connectivity index (χ1v) is 21.9. The fourth-order valence-corrected chi connectivity index (χ4v) is 11.4. The summed E-state index contributed by atoms with van der Waals surface area (Å²) in [5, 5.41) is 0.741. The van der Waals surface area contributed by atoms with Crippen LogP contribution in [-0.2, 0) is 58.9 Å². The van der Waals surface area contributed by atoms with Gasteiger partial charge in [0.25, 0.3) is 10.0 Å². The molecular weight excluding hydrogens is 823 g/mol. The van der Waals surface area contributed by atoms with Crippen molar-refractivity contribution in [3.8, 4) is 5.75 Å². The average Bonchev–Trinajstić information content (AvgIpc) is 3.95. The third-order valence-corrected chi connectivity index (χ3v) is 14.3. The summed E-state index contributed by atoms with van der Waals surface area (Å²) >= 11 is 0. The summed E-state index contributed by atoms with van der Waals surface area (Å²) in [6.07, 6.45) is -0.406. The monoisotopic (exact) mass is 867 g/mol. The number of carbonyl (C=O) groups excluding carboxylic acids is 4. The van der Waals surface area contributed by atoms with Crippen LogP contribution in [0.5, 0.6) is 5.75 Å². The van der Waals surface area contributed by atoms with Crippen molar-refractivity contribution in [2.24, 2.45) is 0 Å². The zero-order chi connectivity index (χ0) is 44.0. The van der Waals surface area contributed by atoms with Crippen LogP contribution in [0, 0.1) is 0 Å². The molecule has 322 valence electrons. The highest BCUT2D eigenvalue weighted by molar-refractivity contribution is 7.92. The van der Waals surface area contributed by atoms with Crippen molar-refractivity contribution in [2.75, 3.05) is 32.2 Å². The van der Waals surface area contributed by atoms with E-state index >= 15 is 8.42 Å². The van der Waals surface area contributed by atoms with Gasteiger partial charge in [-0.2, -0.15) is 0 Å². The van der Waals surface area contributed by atoms with Crippen molar-refractivity contribution in [1.29, 1.82) is 0 Å². The molecule has 4 heterocycles. The summed E-state index contributed by atoms with van der Waals surface area (Å²) < 4.78 is 49.2. The third-order valence-electron chi connectivity index (χ3n) is 12.5. The smallest absolute Gasteiger partial charge is 0.412 e. The summed E-state index contributed by atoms with van der Waals surface area (Å²) in [5.41, 5.74) is 2.46. The molecule has 0 radical (unpaired) electrons. The molecular formula is C48H45N5O9S. The minimum absolute atomic E-state index is 0.0156. The molecule has 4 atom stereocenters. The van der Waals surface area contributed by atoms with Crippen molar-refractivity contribution in [2.45, 2.75) is 54.6 Å². The lowest BCUT2D eigenvalue weighted by atomic mass is 9.86. The summed E-state index contributed by atoms with van der Waals surface area (Å²) in [7, 11) is -0.442. The van der Waals surface area contributed by atoms with Crippen LogP contribution in [0.25, 0.3) is 10.9 Å². The number of aromatic nitrogens is 1. The Morgan fingerprint density at radius 3 is 2.10 bits per heavy atom. The van der Waals surface area contributed by atoms with Crippen molar-refractivity contribution in [1.82, 2.24) is 19.3 Å². The molecule has 14 nitrogen and oxygen atoms in total. The van der Waals surface area contributed by atoms with Gasteiger partial charge in [0.2, 0.25) is 11.8 Å². The molecule has 2 fully saturated rings. The van der Waals surface area contributed by atoms with Gasteiger partial charge in [0.1, 0.15) is 29.9 Å². The van der Waals surface area contributed by atoms with Gasteiger partial charge in [0.05, 0.1) is 31.9 Å². The Hall–Kier alpha value is -7.13. The summed E-state index contributed by atoms with van der Waals surface area (Å²) in [5.74, 6) is -0.522. The van der Waals surface area contributed by atoms with Crippen molar-refractivity contribution in [3.05, 3.63) is 162 Å². The minimum Gasteiger partial charge on any atom is -0.497 e. The molecule has 1 aromatic heterocycles. The van der Waals surface area contributed by atoms with E-state index in [1.807, 2.05) is 95.7 Å². The minimum atomic E-state index is -4.42. The number of hydrogen-bond donors (Lipinski definition) is 0. The lowest BCUT2D eigenvalue weighted by Crippen LogP contribution is -2.59. The van der Waals surface area contributed by atoms with E-state index in [2.05, 4.69) is 0 Å². The average molecular weight is 868 g/mol. The van der Waals surface area contributed by atoms with Crippen LogP contribution in [0.1, 0.15) is 28.7 Å². The van der Waals surface area contributed by atoms with Gasteiger partial charge in [-0.25, -0.2) is 22.3 Å². The SMILES string of the molecule is COC(=O)[C@@H]1C[C@]2(n3cc(C[C@H]4C(=O)N(Cc5ccc(OC)cc5)CC(=O)N4Cc4ccccc4)c4ccccc43)c3ccccc3N(S(=O)(=O)c3ccccc3)[C@@H]2N1C(=O)OC. The summed E-state index contributed by atoms with van der Waals surface area (Å²) in [6.45, 7) is 0.296. The molecule has 6 aromatic rings. The van der Waals surface area contributed by atoms with Crippen LogP contribution in [0.15, 0.2) is 145 Å². The molecule has 0 spiro atoms. The number of piperazine rings is 1. The van der Waals surface area contributed by atoms with Crippen molar-refractivity contribution in [3.63, 3.8) is 0 Å². The number of sulfonamides is 1. The number of carbonyl (C=O) groups is 4.